The first-order chi connectivity index (χ1) is 26.7. The fourth-order valence-corrected chi connectivity index (χ4v) is 6.90. The first-order valence-corrected chi connectivity index (χ1v) is 19.4. The number of tetrazole rings is 1. The van der Waals surface area contributed by atoms with E-state index in [2.05, 4.69) is 46.5 Å². The summed E-state index contributed by atoms with van der Waals surface area (Å²) in [7, 11) is 4.00. The van der Waals surface area contributed by atoms with Crippen molar-refractivity contribution in [3.63, 3.8) is 0 Å². The lowest BCUT2D eigenvalue weighted by Crippen LogP contribution is -2.37. The Morgan fingerprint density at radius 3 is 2.27 bits per heavy atom. The molecule has 56 heavy (non-hydrogen) atoms. The van der Waals surface area contributed by atoms with Crippen molar-refractivity contribution >= 4 is 29.4 Å². The number of ether oxygens (including phenoxy) is 1. The van der Waals surface area contributed by atoms with E-state index in [1.54, 1.807) is 36.5 Å². The molecule has 1 aliphatic rings. The van der Waals surface area contributed by atoms with Crippen molar-refractivity contribution in [1.29, 1.82) is 0 Å². The second-order valence-electron chi connectivity index (χ2n) is 16.0. The minimum Gasteiger partial charge on any atom is -0.444 e. The number of nitrogens with one attached hydrogen (secondary N) is 4. The number of H-pyrrole nitrogens is 1. The molecule has 2 aromatic heterocycles. The number of rotatable bonds is 16. The van der Waals surface area contributed by atoms with Crippen molar-refractivity contribution in [2.24, 2.45) is 17.8 Å². The van der Waals surface area contributed by atoms with Crippen molar-refractivity contribution in [2.75, 3.05) is 39.0 Å². The highest BCUT2D eigenvalue weighted by atomic mass is 16.6. The topological polar surface area (TPSA) is 184 Å². The van der Waals surface area contributed by atoms with Crippen molar-refractivity contribution in [3.8, 4) is 22.5 Å². The average Bonchev–Trinajstić information content (AvgIpc) is 3.71. The summed E-state index contributed by atoms with van der Waals surface area (Å²) in [4.78, 5) is 59.0. The quantitative estimate of drug-likeness (QED) is 0.0986. The molecule has 0 spiro atoms. The monoisotopic (exact) mass is 765 g/mol. The molecule has 4 aromatic rings. The van der Waals surface area contributed by atoms with Gasteiger partial charge in [-0.2, -0.15) is 5.21 Å². The van der Waals surface area contributed by atoms with E-state index >= 15 is 0 Å². The molecule has 0 aliphatic heterocycles. The van der Waals surface area contributed by atoms with E-state index in [1.165, 1.54) is 0 Å². The van der Waals surface area contributed by atoms with Gasteiger partial charge in [-0.05, 0) is 145 Å². The first kappa shape index (κ1) is 41.7. The zero-order chi connectivity index (χ0) is 40.2. The zero-order valence-electron chi connectivity index (χ0n) is 33.4. The second kappa shape index (κ2) is 19.4. The van der Waals surface area contributed by atoms with E-state index in [4.69, 9.17) is 4.74 Å². The van der Waals surface area contributed by atoms with Crippen molar-refractivity contribution in [2.45, 2.75) is 78.2 Å². The van der Waals surface area contributed by atoms with Crippen LogP contribution in [0.25, 0.3) is 22.5 Å². The molecule has 4 N–H and O–H groups in total. The average molecular weight is 766 g/mol. The fraction of sp³-hybridized carbons (Fsp3) is 0.476. The molecule has 1 saturated carbocycles. The first-order valence-electron chi connectivity index (χ1n) is 19.4. The third-order valence-electron chi connectivity index (χ3n) is 9.97. The smallest absolute Gasteiger partial charge is 0.407 e. The van der Waals surface area contributed by atoms with Gasteiger partial charge in [0.15, 0.2) is 0 Å². The predicted octanol–water partition coefficient (Wildman–Crippen LogP) is 6.01. The van der Waals surface area contributed by atoms with Gasteiger partial charge in [-0.1, -0.05) is 24.3 Å². The maximum absolute atomic E-state index is 13.9. The Morgan fingerprint density at radius 2 is 1.64 bits per heavy atom. The molecule has 5 rings (SSSR count). The van der Waals surface area contributed by atoms with E-state index in [1.807, 2.05) is 66.1 Å². The third-order valence-corrected chi connectivity index (χ3v) is 9.97. The van der Waals surface area contributed by atoms with Crippen molar-refractivity contribution < 1.29 is 23.9 Å². The van der Waals surface area contributed by atoms with E-state index in [0.29, 0.717) is 49.6 Å². The number of carbonyl (C=O) groups excluding carboxylic acids is 4. The number of amides is 3. The lowest BCUT2D eigenvalue weighted by atomic mass is 9.77. The Kier molecular flexibility index (Phi) is 14.4. The Bertz CT molecular complexity index is 1920. The summed E-state index contributed by atoms with van der Waals surface area (Å²) < 4.78 is 5.36. The standard InChI is InChI=1S/C42H55N9O5/c1-27-22-36(40(54)43-20-7-21-51(5)6)44-26-35(27)30-12-8-28(9-13-30)23-33(39(53)46-34-18-16-32(17-19-34)38-47-49-50-48-38)24-37(52)31-14-10-29(11-15-31)25-45-41(55)56-42(2,3)4/h8-9,12-13,16-19,22,26,29,31,33H,7,10-11,14-15,20-21,23-25H2,1-6H3,(H,43,54)(H,45,55)(H,46,53)(H,47,48,49,50)/t29?,31?,33-/m1/s1. The Hall–Kier alpha value is -5.50. The van der Waals surface area contributed by atoms with Crippen LogP contribution in [0.3, 0.4) is 0 Å². The van der Waals surface area contributed by atoms with Gasteiger partial charge in [0, 0.05) is 54.4 Å². The highest BCUT2D eigenvalue weighted by Crippen LogP contribution is 2.32. The van der Waals surface area contributed by atoms with Gasteiger partial charge in [-0.25, -0.2) is 4.79 Å². The van der Waals surface area contributed by atoms with E-state index in [0.717, 1.165) is 53.6 Å². The molecule has 2 aromatic carbocycles. The summed E-state index contributed by atoms with van der Waals surface area (Å²) in [6, 6.07) is 16.9. The number of Topliss-reactive ketones (excluding diaryl/α,β-unsaturated/α-hetero) is 1. The molecule has 0 bridgehead atoms. The molecule has 14 heteroatoms. The van der Waals surface area contributed by atoms with Gasteiger partial charge in [0.25, 0.3) is 5.91 Å². The summed E-state index contributed by atoms with van der Waals surface area (Å²) >= 11 is 0. The SMILES string of the molecule is Cc1cc(C(=O)NCCCN(C)C)ncc1-c1ccc(C[C@H](CC(=O)C2CCC(CNC(=O)OC(C)(C)C)CC2)C(=O)Nc2ccc(-c3nn[nH]n3)cc2)cc1. The summed E-state index contributed by atoms with van der Waals surface area (Å²) in [5.41, 5.74) is 4.86. The van der Waals surface area contributed by atoms with Crippen molar-refractivity contribution in [1.82, 2.24) is 41.1 Å². The minimum atomic E-state index is -0.601. The summed E-state index contributed by atoms with van der Waals surface area (Å²) in [6.07, 6.45) is 5.68. The molecule has 3 amide bonds. The Balaban J connectivity index is 1.23. The Labute approximate surface area is 329 Å². The van der Waals surface area contributed by atoms with Crippen LogP contribution in [0, 0.1) is 24.7 Å². The van der Waals surface area contributed by atoms with Crippen LogP contribution in [-0.2, 0) is 20.7 Å². The van der Waals surface area contributed by atoms with Gasteiger partial charge >= 0.3 is 6.09 Å². The summed E-state index contributed by atoms with van der Waals surface area (Å²) in [6.45, 7) is 9.43. The van der Waals surface area contributed by atoms with Gasteiger partial charge in [-0.15, -0.1) is 10.2 Å². The number of alkyl carbamates (subject to hydrolysis) is 1. The lowest BCUT2D eigenvalue weighted by molar-refractivity contribution is -0.129. The molecule has 1 fully saturated rings. The number of carbonyl (C=O) groups is 4. The number of aromatic nitrogens is 5. The van der Waals surface area contributed by atoms with Crippen LogP contribution in [0.2, 0.25) is 0 Å². The number of aryl methyl sites for hydroxylation is 1. The molecular formula is C42H55N9O5. The van der Waals surface area contributed by atoms with Crippen LogP contribution in [0.5, 0.6) is 0 Å². The van der Waals surface area contributed by atoms with Gasteiger partial charge < -0.3 is 25.6 Å². The minimum absolute atomic E-state index is 0.0799. The van der Waals surface area contributed by atoms with E-state index in [-0.39, 0.29) is 35.9 Å². The van der Waals surface area contributed by atoms with Gasteiger partial charge in [0.05, 0.1) is 0 Å². The molecule has 1 aliphatic carbocycles. The van der Waals surface area contributed by atoms with Crippen molar-refractivity contribution in [3.05, 3.63) is 77.6 Å². The van der Waals surface area contributed by atoms with Crippen LogP contribution in [0.15, 0.2) is 60.8 Å². The Morgan fingerprint density at radius 1 is 0.946 bits per heavy atom. The molecule has 2 heterocycles. The second-order valence-corrected chi connectivity index (χ2v) is 16.0. The largest absolute Gasteiger partial charge is 0.444 e. The van der Waals surface area contributed by atoms with Gasteiger partial charge in [0.1, 0.15) is 17.1 Å². The van der Waals surface area contributed by atoms with E-state index < -0.39 is 17.6 Å². The number of hydrogen-bond acceptors (Lipinski definition) is 10. The van der Waals surface area contributed by atoms with Crippen LogP contribution in [-0.4, -0.2) is 93.5 Å². The summed E-state index contributed by atoms with van der Waals surface area (Å²) in [5, 5.41) is 22.9. The fourth-order valence-electron chi connectivity index (χ4n) is 6.90. The molecule has 0 saturated heterocycles. The number of pyridine rings is 1. The zero-order valence-corrected chi connectivity index (χ0v) is 33.4. The molecule has 1 atom stereocenters. The number of ketones is 1. The van der Waals surface area contributed by atoms with Crippen LogP contribution >= 0.6 is 0 Å². The number of benzene rings is 2. The van der Waals surface area contributed by atoms with Crippen LogP contribution in [0.1, 0.15) is 80.9 Å². The number of aromatic amines is 1. The van der Waals surface area contributed by atoms with E-state index in [9.17, 15) is 19.2 Å². The van der Waals surface area contributed by atoms with Crippen LogP contribution in [0.4, 0.5) is 10.5 Å². The molecule has 0 unspecified atom stereocenters. The lowest BCUT2D eigenvalue weighted by Gasteiger charge is -2.29. The highest BCUT2D eigenvalue weighted by molar-refractivity contribution is 5.96. The summed E-state index contributed by atoms with van der Waals surface area (Å²) in [5.74, 6) is -0.377. The maximum atomic E-state index is 13.9. The van der Waals surface area contributed by atoms with Gasteiger partial charge in [0.2, 0.25) is 11.7 Å². The molecule has 298 valence electrons. The maximum Gasteiger partial charge on any atom is 0.407 e. The normalized spacial score (nSPS) is 16.2. The number of nitrogens with zero attached hydrogens (tertiary/aromatic N) is 5. The third kappa shape index (κ3) is 12.5. The van der Waals surface area contributed by atoms with Crippen LogP contribution < -0.4 is 16.0 Å². The number of anilines is 1. The highest BCUT2D eigenvalue weighted by Gasteiger charge is 2.31. The predicted molar refractivity (Wildman–Crippen MR) is 215 cm³/mol. The molecule has 0 radical (unpaired) electrons. The molecular weight excluding hydrogens is 711 g/mol. The van der Waals surface area contributed by atoms with Gasteiger partial charge in [-0.3, -0.25) is 19.4 Å². The number of hydrogen-bond donors (Lipinski definition) is 4. The molecule has 14 nitrogen and oxygen atoms in total.